The molecule has 1 aromatic carbocycles. The molecule has 6 heteroatoms. The number of esters is 1. The topological polar surface area (TPSA) is 68.7 Å². The molecule has 0 bridgehead atoms. The molecule has 0 amide bonds. The second-order valence-corrected chi connectivity index (χ2v) is 4.60. The third-order valence-corrected chi connectivity index (χ3v) is 3.21. The number of carbonyl (C=O) groups excluding carboxylic acids is 1. The molecule has 21 heavy (non-hydrogen) atoms. The highest BCUT2D eigenvalue weighted by Crippen LogP contribution is 2.26. The quantitative estimate of drug-likeness (QED) is 0.860. The van der Waals surface area contributed by atoms with Crippen molar-refractivity contribution in [1.82, 2.24) is 4.98 Å². The van der Waals surface area contributed by atoms with Gasteiger partial charge >= 0.3 is 5.97 Å². The van der Waals surface area contributed by atoms with E-state index in [1.165, 1.54) is 13.3 Å². The second kappa shape index (κ2) is 7.06. The van der Waals surface area contributed by atoms with Crippen molar-refractivity contribution in [2.75, 3.05) is 7.11 Å². The normalized spacial score (nSPS) is 10.2. The molecular formula is C15H14ClNO4. The van der Waals surface area contributed by atoms with Gasteiger partial charge in [0.2, 0.25) is 0 Å². The Kier molecular flexibility index (Phi) is 5.14. The van der Waals surface area contributed by atoms with Crippen LogP contribution in [0, 0.1) is 0 Å². The first-order valence-corrected chi connectivity index (χ1v) is 6.57. The second-order valence-electron chi connectivity index (χ2n) is 4.19. The van der Waals surface area contributed by atoms with Gasteiger partial charge in [0, 0.05) is 16.8 Å². The summed E-state index contributed by atoms with van der Waals surface area (Å²) in [6.07, 6.45) is 1.43. The third kappa shape index (κ3) is 3.71. The van der Waals surface area contributed by atoms with Crippen LogP contribution in [-0.4, -0.2) is 23.2 Å². The van der Waals surface area contributed by atoms with E-state index in [0.29, 0.717) is 27.6 Å². The lowest BCUT2D eigenvalue weighted by molar-refractivity contribution is 0.0600. The SMILES string of the molecule is COC(=O)c1ccc(COc2cccc(Cl)c2CO)nc1. The number of hydrogen-bond acceptors (Lipinski definition) is 5. The number of benzene rings is 1. The molecule has 0 aliphatic carbocycles. The van der Waals surface area contributed by atoms with Gasteiger partial charge in [0.1, 0.15) is 12.4 Å². The van der Waals surface area contributed by atoms with Crippen molar-refractivity contribution in [3.05, 3.63) is 58.4 Å². The van der Waals surface area contributed by atoms with E-state index in [-0.39, 0.29) is 13.2 Å². The predicted molar refractivity (Wildman–Crippen MR) is 77.3 cm³/mol. The van der Waals surface area contributed by atoms with Gasteiger partial charge in [-0.2, -0.15) is 0 Å². The molecular weight excluding hydrogens is 294 g/mol. The van der Waals surface area contributed by atoms with E-state index in [2.05, 4.69) is 9.72 Å². The van der Waals surface area contributed by atoms with E-state index < -0.39 is 5.97 Å². The van der Waals surface area contributed by atoms with Crippen LogP contribution in [0.1, 0.15) is 21.6 Å². The number of hydrogen-bond donors (Lipinski definition) is 1. The number of aromatic nitrogens is 1. The van der Waals surface area contributed by atoms with E-state index >= 15 is 0 Å². The van der Waals surface area contributed by atoms with Gasteiger partial charge in [0.05, 0.1) is 25.0 Å². The standard InChI is InChI=1S/C15H14ClNO4/c1-20-15(19)10-5-6-11(17-7-10)9-21-14-4-2-3-13(16)12(14)8-18/h2-7,18H,8-9H2,1H3. The van der Waals surface area contributed by atoms with Crippen molar-refractivity contribution in [3.8, 4) is 5.75 Å². The zero-order valence-electron chi connectivity index (χ0n) is 11.4. The van der Waals surface area contributed by atoms with E-state index in [4.69, 9.17) is 16.3 Å². The minimum atomic E-state index is -0.438. The smallest absolute Gasteiger partial charge is 0.339 e. The Morgan fingerprint density at radius 1 is 1.33 bits per heavy atom. The zero-order valence-corrected chi connectivity index (χ0v) is 12.1. The zero-order chi connectivity index (χ0) is 15.2. The monoisotopic (exact) mass is 307 g/mol. The van der Waals surface area contributed by atoms with Crippen LogP contribution in [0.25, 0.3) is 0 Å². The first-order valence-electron chi connectivity index (χ1n) is 6.20. The first kappa shape index (κ1) is 15.3. The predicted octanol–water partition coefficient (Wildman–Crippen LogP) is 2.59. The van der Waals surface area contributed by atoms with Gasteiger partial charge in [0.25, 0.3) is 0 Å². The lowest BCUT2D eigenvalue weighted by Crippen LogP contribution is -2.05. The molecule has 0 saturated heterocycles. The maximum Gasteiger partial charge on any atom is 0.339 e. The highest BCUT2D eigenvalue weighted by atomic mass is 35.5. The summed E-state index contributed by atoms with van der Waals surface area (Å²) < 4.78 is 10.2. The molecule has 0 aliphatic rings. The lowest BCUT2D eigenvalue weighted by atomic mass is 10.2. The molecule has 0 aliphatic heterocycles. The Balaban J connectivity index is 2.07. The molecule has 0 radical (unpaired) electrons. The molecule has 2 rings (SSSR count). The fraction of sp³-hybridized carbons (Fsp3) is 0.200. The van der Waals surface area contributed by atoms with Crippen LogP contribution in [-0.2, 0) is 18.0 Å². The molecule has 1 N–H and O–H groups in total. The highest BCUT2D eigenvalue weighted by Gasteiger charge is 2.09. The van der Waals surface area contributed by atoms with Crippen LogP contribution in [0.3, 0.4) is 0 Å². The summed E-state index contributed by atoms with van der Waals surface area (Å²) in [6.45, 7) is -0.00148. The first-order chi connectivity index (χ1) is 10.2. The summed E-state index contributed by atoms with van der Waals surface area (Å²) in [5.41, 5.74) is 1.55. The van der Waals surface area contributed by atoms with Crippen LogP contribution < -0.4 is 4.74 Å². The Bertz CT molecular complexity index is 628. The molecule has 0 atom stereocenters. The summed E-state index contributed by atoms with van der Waals surface area (Å²) >= 11 is 5.98. The molecule has 1 heterocycles. The molecule has 0 spiro atoms. The summed E-state index contributed by atoms with van der Waals surface area (Å²) in [4.78, 5) is 15.4. The molecule has 2 aromatic rings. The number of carbonyl (C=O) groups is 1. The summed E-state index contributed by atoms with van der Waals surface area (Å²) in [7, 11) is 1.31. The fourth-order valence-electron chi connectivity index (χ4n) is 1.73. The molecule has 0 unspecified atom stereocenters. The van der Waals surface area contributed by atoms with E-state index in [1.54, 1.807) is 30.3 Å². The van der Waals surface area contributed by atoms with Gasteiger partial charge in [-0.05, 0) is 24.3 Å². The highest BCUT2D eigenvalue weighted by molar-refractivity contribution is 6.31. The molecule has 0 saturated carbocycles. The molecule has 1 aromatic heterocycles. The number of aliphatic hydroxyl groups is 1. The Morgan fingerprint density at radius 3 is 2.76 bits per heavy atom. The number of pyridine rings is 1. The number of halogens is 1. The maximum absolute atomic E-state index is 11.3. The van der Waals surface area contributed by atoms with Gasteiger partial charge < -0.3 is 14.6 Å². The minimum Gasteiger partial charge on any atom is -0.487 e. The van der Waals surface area contributed by atoms with Crippen LogP contribution >= 0.6 is 11.6 Å². The third-order valence-electron chi connectivity index (χ3n) is 2.86. The van der Waals surface area contributed by atoms with Crippen molar-refractivity contribution in [2.45, 2.75) is 13.2 Å². The van der Waals surface area contributed by atoms with Crippen molar-refractivity contribution >= 4 is 17.6 Å². The molecule has 110 valence electrons. The number of aliphatic hydroxyl groups excluding tert-OH is 1. The maximum atomic E-state index is 11.3. The molecule has 5 nitrogen and oxygen atoms in total. The summed E-state index contributed by atoms with van der Waals surface area (Å²) in [6, 6.07) is 8.44. The van der Waals surface area contributed by atoms with Gasteiger partial charge in [0.15, 0.2) is 0 Å². The van der Waals surface area contributed by atoms with Gasteiger partial charge in [-0.3, -0.25) is 4.98 Å². The van der Waals surface area contributed by atoms with Crippen molar-refractivity contribution in [2.24, 2.45) is 0 Å². The number of rotatable bonds is 5. The van der Waals surface area contributed by atoms with Crippen LogP contribution in [0.2, 0.25) is 5.02 Å². The van der Waals surface area contributed by atoms with Crippen molar-refractivity contribution < 1.29 is 19.4 Å². The average Bonchev–Trinajstić information content (AvgIpc) is 2.52. The van der Waals surface area contributed by atoms with Crippen molar-refractivity contribution in [1.29, 1.82) is 0 Å². The van der Waals surface area contributed by atoms with E-state index in [9.17, 15) is 9.90 Å². The number of nitrogens with zero attached hydrogens (tertiary/aromatic N) is 1. The largest absolute Gasteiger partial charge is 0.487 e. The fourth-order valence-corrected chi connectivity index (χ4v) is 1.95. The molecule has 0 fully saturated rings. The van der Waals surface area contributed by atoms with E-state index in [1.807, 2.05) is 0 Å². The van der Waals surface area contributed by atoms with Crippen LogP contribution in [0.5, 0.6) is 5.75 Å². The lowest BCUT2D eigenvalue weighted by Gasteiger charge is -2.11. The average molecular weight is 308 g/mol. The Morgan fingerprint density at radius 2 is 2.14 bits per heavy atom. The van der Waals surface area contributed by atoms with E-state index in [0.717, 1.165) is 0 Å². The number of ether oxygens (including phenoxy) is 2. The van der Waals surface area contributed by atoms with Gasteiger partial charge in [-0.1, -0.05) is 17.7 Å². The van der Waals surface area contributed by atoms with Gasteiger partial charge in [-0.15, -0.1) is 0 Å². The Hall–Kier alpha value is -2.11. The Labute approximate surface area is 127 Å². The van der Waals surface area contributed by atoms with Crippen LogP contribution in [0.4, 0.5) is 0 Å². The minimum absolute atomic E-state index is 0.203. The summed E-state index contributed by atoms with van der Waals surface area (Å²) in [5.74, 6) is 0.0659. The van der Waals surface area contributed by atoms with Gasteiger partial charge in [-0.25, -0.2) is 4.79 Å². The number of methoxy groups -OCH3 is 1. The summed E-state index contributed by atoms with van der Waals surface area (Å²) in [5, 5.41) is 9.74. The van der Waals surface area contributed by atoms with Crippen molar-refractivity contribution in [3.63, 3.8) is 0 Å². The van der Waals surface area contributed by atoms with Crippen LogP contribution in [0.15, 0.2) is 36.5 Å².